The molecule has 1 saturated heterocycles. The van der Waals surface area contributed by atoms with Gasteiger partial charge in [-0.3, -0.25) is 19.1 Å². The number of imide groups is 1. The molecule has 2 aromatic carbocycles. The van der Waals surface area contributed by atoms with Gasteiger partial charge in [0.2, 0.25) is 17.4 Å². The number of nitrogens with one attached hydrogen (secondary N) is 1. The molecule has 3 aromatic rings. The lowest BCUT2D eigenvalue weighted by Crippen LogP contribution is -2.51. The molecule has 2 atom stereocenters. The molecule has 0 bridgehead atoms. The van der Waals surface area contributed by atoms with E-state index in [1.54, 1.807) is 0 Å². The zero-order valence-electron chi connectivity index (χ0n) is 23.5. The predicted molar refractivity (Wildman–Crippen MR) is 142 cm³/mol. The molecule has 1 aliphatic heterocycles. The van der Waals surface area contributed by atoms with Gasteiger partial charge in [0.15, 0.2) is 0 Å². The Morgan fingerprint density at radius 2 is 1.84 bits per heavy atom. The maximum Gasteiger partial charge on any atom is 0.418 e. The quantitative estimate of drug-likeness (QED) is 0.385. The van der Waals surface area contributed by atoms with Crippen molar-refractivity contribution in [2.45, 2.75) is 50.7 Å². The second-order valence-electron chi connectivity index (χ2n) is 10.5. The van der Waals surface area contributed by atoms with Crippen LogP contribution in [-0.4, -0.2) is 69.2 Å². The molecule has 44 heavy (non-hydrogen) atoms. The molecule has 5 rings (SSSR count). The summed E-state index contributed by atoms with van der Waals surface area (Å²) in [5.74, 6) is -3.90. The molecule has 1 aliphatic carbocycles. The van der Waals surface area contributed by atoms with Gasteiger partial charge in [-0.15, -0.1) is 0 Å². The van der Waals surface area contributed by atoms with Gasteiger partial charge in [0.05, 0.1) is 6.20 Å². The number of aromatic nitrogens is 2. The fraction of sp³-hybridized carbons (Fsp3) is 0.345. The molecule has 0 radical (unpaired) electrons. The molecule has 1 aromatic heterocycles. The van der Waals surface area contributed by atoms with E-state index >= 15 is 4.39 Å². The predicted octanol–water partition coefficient (Wildman–Crippen LogP) is 3.67. The summed E-state index contributed by atoms with van der Waals surface area (Å²) in [6.45, 7) is -0.961. The topological polar surface area (TPSA) is 114 Å². The van der Waals surface area contributed by atoms with Gasteiger partial charge in [0, 0.05) is 42.9 Å². The van der Waals surface area contributed by atoms with E-state index in [0.717, 1.165) is 25.1 Å². The second kappa shape index (κ2) is 11.4. The number of likely N-dealkylation sites (N-methyl/N-ethyl adjacent to an activating group) is 1. The van der Waals surface area contributed by atoms with Gasteiger partial charge < -0.3 is 15.0 Å². The first-order valence-corrected chi connectivity index (χ1v) is 13.5. The van der Waals surface area contributed by atoms with Crippen molar-refractivity contribution in [1.82, 2.24) is 24.9 Å². The average molecular weight is 620 g/mol. The minimum absolute atomic E-state index is 0.0663. The van der Waals surface area contributed by atoms with E-state index in [1.807, 2.05) is 0 Å². The van der Waals surface area contributed by atoms with Crippen LogP contribution in [0.15, 0.2) is 48.8 Å². The van der Waals surface area contributed by atoms with Crippen molar-refractivity contribution < 1.29 is 45.9 Å². The third-order valence-electron chi connectivity index (χ3n) is 7.80. The third-order valence-corrected chi connectivity index (χ3v) is 7.80. The molecule has 1 spiro atoms. The highest BCUT2D eigenvalue weighted by atomic mass is 19.4. The fourth-order valence-corrected chi connectivity index (χ4v) is 5.33. The molecule has 1 fully saturated rings. The van der Waals surface area contributed by atoms with Crippen molar-refractivity contribution in [1.29, 1.82) is 0 Å². The molecule has 10 nitrogen and oxygen atoms in total. The minimum atomic E-state index is -4.84. The number of alkyl halides is 3. The van der Waals surface area contributed by atoms with Crippen LogP contribution in [0.4, 0.5) is 26.7 Å². The highest BCUT2D eigenvalue weighted by Crippen LogP contribution is 2.47. The number of carbonyl (C=O) groups is 4. The van der Waals surface area contributed by atoms with Crippen LogP contribution in [-0.2, 0) is 44.2 Å². The van der Waals surface area contributed by atoms with E-state index in [-0.39, 0.29) is 42.0 Å². The number of halogens is 5. The van der Waals surface area contributed by atoms with Crippen LogP contribution < -0.4 is 5.32 Å². The summed E-state index contributed by atoms with van der Waals surface area (Å²) >= 11 is 0. The molecule has 0 saturated carbocycles. The third kappa shape index (κ3) is 5.61. The van der Waals surface area contributed by atoms with Gasteiger partial charge >= 0.3 is 12.3 Å². The van der Waals surface area contributed by atoms with E-state index in [1.165, 1.54) is 42.3 Å². The van der Waals surface area contributed by atoms with Gasteiger partial charge in [-0.2, -0.15) is 18.3 Å². The lowest BCUT2D eigenvalue weighted by atomic mass is 9.93. The summed E-state index contributed by atoms with van der Waals surface area (Å²) in [6.07, 6.45) is -3.14. The van der Waals surface area contributed by atoms with Crippen molar-refractivity contribution in [2.75, 3.05) is 13.6 Å². The van der Waals surface area contributed by atoms with E-state index in [9.17, 15) is 36.7 Å². The number of rotatable bonds is 8. The standard InChI is InChI=1S/C29H26F5N5O5/c1-16(29(32,33)34)38(12-17-3-5-20(30)6-4-17)25(41)15-39-26(42)28(44-27(39)43)8-7-18-9-21(23(31)10-22(18)28)19-11-36-37(13-19)14-24(40)35-2/h3-6,9-11,13,16H,7-8,12,14-15H2,1-2H3,(H,35,40)/t16-,28?/m0/s1. The van der Waals surface area contributed by atoms with Crippen molar-refractivity contribution >= 4 is 23.8 Å². The van der Waals surface area contributed by atoms with E-state index in [2.05, 4.69) is 10.4 Å². The number of hydrogen-bond acceptors (Lipinski definition) is 6. The van der Waals surface area contributed by atoms with Crippen LogP contribution >= 0.6 is 0 Å². The normalized spacial score (nSPS) is 18.4. The molecular formula is C29H26F5N5O5. The number of aryl methyl sites for hydroxylation is 1. The van der Waals surface area contributed by atoms with Crippen molar-refractivity contribution in [3.63, 3.8) is 0 Å². The number of hydrogen-bond donors (Lipinski definition) is 1. The highest BCUT2D eigenvalue weighted by Gasteiger charge is 2.59. The molecule has 2 aliphatic rings. The SMILES string of the molecule is CNC(=O)Cn1cc(-c2cc3c(cc2F)C2(CC3)OC(=O)N(CC(=O)N(Cc3ccc(F)cc3)[C@@H](C)C(F)(F)F)C2=O)cn1. The van der Waals surface area contributed by atoms with E-state index < -0.39 is 60.5 Å². The Balaban J connectivity index is 1.39. The number of carbonyl (C=O) groups excluding carboxylic acids is 4. The largest absolute Gasteiger partial charge is 0.427 e. The first-order chi connectivity index (χ1) is 20.7. The van der Waals surface area contributed by atoms with Crippen molar-refractivity contribution in [2.24, 2.45) is 0 Å². The number of nitrogens with zero attached hydrogens (tertiary/aromatic N) is 4. The summed E-state index contributed by atoms with van der Waals surface area (Å²) in [6, 6.07) is 4.72. The van der Waals surface area contributed by atoms with E-state index in [4.69, 9.17) is 4.74 Å². The summed E-state index contributed by atoms with van der Waals surface area (Å²) in [5.41, 5.74) is -0.720. The summed E-state index contributed by atoms with van der Waals surface area (Å²) in [7, 11) is 1.46. The molecular weight excluding hydrogens is 593 g/mol. The fourth-order valence-electron chi connectivity index (χ4n) is 5.33. The van der Waals surface area contributed by atoms with Gasteiger partial charge in [0.25, 0.3) is 5.91 Å². The lowest BCUT2D eigenvalue weighted by Gasteiger charge is -2.31. The zero-order valence-corrected chi connectivity index (χ0v) is 23.5. The number of benzene rings is 2. The molecule has 2 heterocycles. The lowest BCUT2D eigenvalue weighted by molar-refractivity contribution is -0.187. The van der Waals surface area contributed by atoms with Crippen LogP contribution in [0.5, 0.6) is 0 Å². The van der Waals surface area contributed by atoms with Crippen LogP contribution in [0.3, 0.4) is 0 Å². The molecule has 15 heteroatoms. The molecule has 4 amide bonds. The smallest absolute Gasteiger partial charge is 0.418 e. The number of ether oxygens (including phenoxy) is 1. The Morgan fingerprint density at radius 3 is 2.50 bits per heavy atom. The van der Waals surface area contributed by atoms with Crippen LogP contribution in [0.2, 0.25) is 0 Å². The summed E-state index contributed by atoms with van der Waals surface area (Å²) in [4.78, 5) is 52.2. The van der Waals surface area contributed by atoms with Gasteiger partial charge in [-0.05, 0) is 48.7 Å². The molecule has 1 unspecified atom stereocenters. The van der Waals surface area contributed by atoms with Crippen LogP contribution in [0.1, 0.15) is 30.0 Å². The van der Waals surface area contributed by atoms with E-state index in [0.29, 0.717) is 20.9 Å². The number of fused-ring (bicyclic) bond motifs is 2. The van der Waals surface area contributed by atoms with Crippen molar-refractivity contribution in [3.05, 3.63) is 77.1 Å². The Morgan fingerprint density at radius 1 is 1.14 bits per heavy atom. The van der Waals surface area contributed by atoms with Crippen LogP contribution in [0.25, 0.3) is 11.1 Å². The Kier molecular flexibility index (Phi) is 7.90. The zero-order chi connectivity index (χ0) is 32.0. The Bertz CT molecular complexity index is 1640. The Hall–Kier alpha value is -4.82. The molecule has 1 N–H and O–H groups in total. The van der Waals surface area contributed by atoms with Gasteiger partial charge in [0.1, 0.15) is 30.8 Å². The average Bonchev–Trinajstić information content (AvgIpc) is 3.64. The summed E-state index contributed by atoms with van der Waals surface area (Å²) < 4.78 is 76.5. The highest BCUT2D eigenvalue weighted by molar-refractivity contribution is 6.06. The van der Waals surface area contributed by atoms with Gasteiger partial charge in [-0.25, -0.2) is 18.5 Å². The molecule has 232 valence electrons. The maximum absolute atomic E-state index is 15.4. The first-order valence-electron chi connectivity index (χ1n) is 13.5. The van der Waals surface area contributed by atoms with Crippen molar-refractivity contribution in [3.8, 4) is 11.1 Å². The van der Waals surface area contributed by atoms with Crippen LogP contribution in [0, 0.1) is 11.6 Å². The minimum Gasteiger partial charge on any atom is -0.427 e. The number of amides is 4. The monoisotopic (exact) mass is 619 g/mol. The van der Waals surface area contributed by atoms with Gasteiger partial charge in [-0.1, -0.05) is 12.1 Å². The Labute approximate surface area is 247 Å². The first kappa shape index (κ1) is 30.6. The maximum atomic E-state index is 15.4. The summed E-state index contributed by atoms with van der Waals surface area (Å²) in [5, 5.41) is 6.51. The second-order valence-corrected chi connectivity index (χ2v) is 10.5.